The van der Waals surface area contributed by atoms with Crippen molar-refractivity contribution in [3.63, 3.8) is 0 Å². The standard InChI is InChI=1S/C11H19N3O/c1-4-6-9(3)15-11-8-12-7-10(14-11)13-5-2/h7-9H,4-6H2,1-3H3,(H,13,14). The van der Waals surface area contributed by atoms with E-state index in [1.807, 2.05) is 13.8 Å². The van der Waals surface area contributed by atoms with Crippen molar-refractivity contribution in [2.75, 3.05) is 11.9 Å². The highest BCUT2D eigenvalue weighted by Gasteiger charge is 2.04. The van der Waals surface area contributed by atoms with Crippen LogP contribution in [0.5, 0.6) is 5.88 Å². The van der Waals surface area contributed by atoms with E-state index in [1.54, 1.807) is 12.4 Å². The Morgan fingerprint density at radius 1 is 1.40 bits per heavy atom. The molecule has 0 aliphatic rings. The Kier molecular flexibility index (Phi) is 4.87. The van der Waals surface area contributed by atoms with E-state index >= 15 is 0 Å². The summed E-state index contributed by atoms with van der Waals surface area (Å²) in [6.45, 7) is 7.04. The Labute approximate surface area is 91.1 Å². The van der Waals surface area contributed by atoms with Gasteiger partial charge in [0.2, 0.25) is 5.88 Å². The van der Waals surface area contributed by atoms with Crippen LogP contribution in [0.3, 0.4) is 0 Å². The Morgan fingerprint density at radius 2 is 2.20 bits per heavy atom. The van der Waals surface area contributed by atoms with E-state index in [1.165, 1.54) is 0 Å². The van der Waals surface area contributed by atoms with E-state index in [0.717, 1.165) is 25.2 Å². The molecule has 0 amide bonds. The highest BCUT2D eigenvalue weighted by atomic mass is 16.5. The number of rotatable bonds is 6. The van der Waals surface area contributed by atoms with Gasteiger partial charge in [-0.1, -0.05) is 13.3 Å². The molecule has 1 aromatic rings. The highest BCUT2D eigenvalue weighted by molar-refractivity contribution is 5.32. The molecular formula is C11H19N3O. The van der Waals surface area contributed by atoms with E-state index in [-0.39, 0.29) is 6.10 Å². The van der Waals surface area contributed by atoms with Crippen LogP contribution in [-0.4, -0.2) is 22.6 Å². The Hall–Kier alpha value is -1.32. The van der Waals surface area contributed by atoms with Gasteiger partial charge in [0.15, 0.2) is 0 Å². The molecule has 0 saturated carbocycles. The van der Waals surface area contributed by atoms with Gasteiger partial charge in [0.05, 0.1) is 18.5 Å². The minimum Gasteiger partial charge on any atom is -0.474 e. The molecule has 0 spiro atoms. The molecule has 1 unspecified atom stereocenters. The van der Waals surface area contributed by atoms with Gasteiger partial charge in [0, 0.05) is 6.54 Å². The average molecular weight is 209 g/mol. The van der Waals surface area contributed by atoms with E-state index in [9.17, 15) is 0 Å². The molecule has 0 aliphatic carbocycles. The van der Waals surface area contributed by atoms with Crippen molar-refractivity contribution in [2.45, 2.75) is 39.7 Å². The third-order valence-corrected chi connectivity index (χ3v) is 1.99. The van der Waals surface area contributed by atoms with Crippen LogP contribution in [0, 0.1) is 0 Å². The van der Waals surface area contributed by atoms with Crippen molar-refractivity contribution in [3.8, 4) is 5.88 Å². The molecule has 1 aromatic heterocycles. The van der Waals surface area contributed by atoms with E-state index in [0.29, 0.717) is 5.88 Å². The predicted molar refractivity (Wildman–Crippen MR) is 61.2 cm³/mol. The number of nitrogens with zero attached hydrogens (tertiary/aromatic N) is 2. The van der Waals surface area contributed by atoms with Gasteiger partial charge in [-0.3, -0.25) is 4.98 Å². The van der Waals surface area contributed by atoms with Gasteiger partial charge in [-0.05, 0) is 20.3 Å². The van der Waals surface area contributed by atoms with Crippen molar-refractivity contribution in [1.82, 2.24) is 9.97 Å². The van der Waals surface area contributed by atoms with Crippen molar-refractivity contribution in [3.05, 3.63) is 12.4 Å². The smallest absolute Gasteiger partial charge is 0.234 e. The second-order valence-corrected chi connectivity index (χ2v) is 3.49. The van der Waals surface area contributed by atoms with Gasteiger partial charge in [-0.15, -0.1) is 0 Å². The lowest BCUT2D eigenvalue weighted by atomic mass is 10.2. The topological polar surface area (TPSA) is 47.0 Å². The SMILES string of the molecule is CCCC(C)Oc1cncc(NCC)n1. The average Bonchev–Trinajstić information content (AvgIpc) is 2.19. The molecule has 0 saturated heterocycles. The van der Waals surface area contributed by atoms with Gasteiger partial charge in [-0.25, -0.2) is 0 Å². The molecule has 0 aromatic carbocycles. The number of hydrogen-bond acceptors (Lipinski definition) is 4. The molecule has 0 aliphatic heterocycles. The predicted octanol–water partition coefficient (Wildman–Crippen LogP) is 2.48. The first-order valence-corrected chi connectivity index (χ1v) is 5.48. The number of aromatic nitrogens is 2. The first kappa shape index (κ1) is 11.8. The summed E-state index contributed by atoms with van der Waals surface area (Å²) in [7, 11) is 0. The fraction of sp³-hybridized carbons (Fsp3) is 0.636. The molecule has 0 bridgehead atoms. The van der Waals surface area contributed by atoms with Crippen molar-refractivity contribution in [1.29, 1.82) is 0 Å². The summed E-state index contributed by atoms with van der Waals surface area (Å²) in [4.78, 5) is 8.36. The van der Waals surface area contributed by atoms with Crippen LogP contribution in [0.15, 0.2) is 12.4 Å². The highest BCUT2D eigenvalue weighted by Crippen LogP contribution is 2.12. The van der Waals surface area contributed by atoms with E-state index in [2.05, 4.69) is 22.2 Å². The zero-order valence-electron chi connectivity index (χ0n) is 9.66. The third-order valence-electron chi connectivity index (χ3n) is 1.99. The lowest BCUT2D eigenvalue weighted by Crippen LogP contribution is -2.12. The maximum Gasteiger partial charge on any atom is 0.234 e. The summed E-state index contributed by atoms with van der Waals surface area (Å²) in [5, 5.41) is 3.10. The maximum atomic E-state index is 5.63. The first-order valence-electron chi connectivity index (χ1n) is 5.48. The molecule has 0 radical (unpaired) electrons. The maximum absolute atomic E-state index is 5.63. The number of hydrogen-bond donors (Lipinski definition) is 1. The van der Waals surface area contributed by atoms with Crippen molar-refractivity contribution < 1.29 is 4.74 Å². The molecule has 15 heavy (non-hydrogen) atoms. The van der Waals surface area contributed by atoms with Crippen LogP contribution in [0.25, 0.3) is 0 Å². The Bertz CT molecular complexity index is 291. The fourth-order valence-corrected chi connectivity index (χ4v) is 1.34. The molecular weight excluding hydrogens is 190 g/mol. The molecule has 0 fully saturated rings. The lowest BCUT2D eigenvalue weighted by molar-refractivity contribution is 0.201. The fourth-order valence-electron chi connectivity index (χ4n) is 1.34. The quantitative estimate of drug-likeness (QED) is 0.781. The third kappa shape index (κ3) is 4.14. The van der Waals surface area contributed by atoms with Crippen LogP contribution >= 0.6 is 0 Å². The van der Waals surface area contributed by atoms with Crippen LogP contribution in [-0.2, 0) is 0 Å². The normalized spacial score (nSPS) is 12.2. The van der Waals surface area contributed by atoms with E-state index < -0.39 is 0 Å². The Morgan fingerprint density at radius 3 is 2.87 bits per heavy atom. The molecule has 1 atom stereocenters. The number of anilines is 1. The molecule has 4 heteroatoms. The lowest BCUT2D eigenvalue weighted by Gasteiger charge is -2.12. The summed E-state index contributed by atoms with van der Waals surface area (Å²) in [5.74, 6) is 1.35. The Balaban J connectivity index is 2.56. The van der Waals surface area contributed by atoms with Crippen molar-refractivity contribution >= 4 is 5.82 Å². The summed E-state index contributed by atoms with van der Waals surface area (Å²) in [6.07, 6.45) is 5.68. The van der Waals surface area contributed by atoms with Gasteiger partial charge in [0.1, 0.15) is 5.82 Å². The van der Waals surface area contributed by atoms with Crippen LogP contribution in [0.2, 0.25) is 0 Å². The van der Waals surface area contributed by atoms with E-state index in [4.69, 9.17) is 4.74 Å². The second kappa shape index (κ2) is 6.22. The monoisotopic (exact) mass is 209 g/mol. The van der Waals surface area contributed by atoms with Crippen LogP contribution in [0.1, 0.15) is 33.6 Å². The minimum absolute atomic E-state index is 0.196. The summed E-state index contributed by atoms with van der Waals surface area (Å²) in [6, 6.07) is 0. The zero-order valence-corrected chi connectivity index (χ0v) is 9.66. The van der Waals surface area contributed by atoms with Gasteiger partial charge >= 0.3 is 0 Å². The summed E-state index contributed by atoms with van der Waals surface area (Å²) in [5.41, 5.74) is 0. The summed E-state index contributed by atoms with van der Waals surface area (Å²) < 4.78 is 5.63. The minimum atomic E-state index is 0.196. The van der Waals surface area contributed by atoms with Gasteiger partial charge in [0.25, 0.3) is 0 Å². The molecule has 1 rings (SSSR count). The molecule has 1 N–H and O–H groups in total. The summed E-state index contributed by atoms with van der Waals surface area (Å²) >= 11 is 0. The largest absolute Gasteiger partial charge is 0.474 e. The zero-order chi connectivity index (χ0) is 11.1. The second-order valence-electron chi connectivity index (χ2n) is 3.49. The van der Waals surface area contributed by atoms with Gasteiger partial charge < -0.3 is 10.1 Å². The molecule has 84 valence electrons. The molecule has 4 nitrogen and oxygen atoms in total. The van der Waals surface area contributed by atoms with Crippen LogP contribution < -0.4 is 10.1 Å². The number of ether oxygens (including phenoxy) is 1. The first-order chi connectivity index (χ1) is 7.26. The van der Waals surface area contributed by atoms with Gasteiger partial charge in [-0.2, -0.15) is 4.98 Å². The number of nitrogens with one attached hydrogen (secondary N) is 1. The van der Waals surface area contributed by atoms with Crippen LogP contribution in [0.4, 0.5) is 5.82 Å². The molecule has 1 heterocycles. The van der Waals surface area contributed by atoms with Crippen molar-refractivity contribution in [2.24, 2.45) is 0 Å².